The van der Waals surface area contributed by atoms with E-state index in [0.717, 1.165) is 25.7 Å². The third kappa shape index (κ3) is 3.02. The molecule has 1 aromatic rings. The highest BCUT2D eigenvalue weighted by Crippen LogP contribution is 2.27. The average molecular weight is 264 g/mol. The number of nitrogens with zero attached hydrogens (tertiary/aromatic N) is 1. The summed E-state index contributed by atoms with van der Waals surface area (Å²) in [7, 11) is 0. The van der Waals surface area contributed by atoms with Crippen LogP contribution in [0.4, 0.5) is 0 Å². The number of ketones is 1. The molecule has 1 saturated carbocycles. The van der Waals surface area contributed by atoms with Crippen molar-refractivity contribution in [2.75, 3.05) is 6.61 Å². The molecule has 1 fully saturated rings. The summed E-state index contributed by atoms with van der Waals surface area (Å²) in [6, 6.07) is 6.82. The molecule has 1 aliphatic rings. The number of halogens is 1. The van der Waals surface area contributed by atoms with E-state index < -0.39 is 0 Å². The van der Waals surface area contributed by atoms with Crippen molar-refractivity contribution < 1.29 is 9.53 Å². The minimum Gasteiger partial charge on any atom is -0.484 e. The summed E-state index contributed by atoms with van der Waals surface area (Å²) < 4.78 is 5.43. The Labute approximate surface area is 111 Å². The van der Waals surface area contributed by atoms with Gasteiger partial charge in [-0.25, -0.2) is 0 Å². The molecule has 0 aliphatic heterocycles. The minimum absolute atomic E-state index is 0.0275. The quantitative estimate of drug-likeness (QED) is 0.837. The molecule has 4 heteroatoms. The number of hydrogen-bond acceptors (Lipinski definition) is 3. The van der Waals surface area contributed by atoms with Crippen LogP contribution in [0.1, 0.15) is 31.2 Å². The Bertz CT molecular complexity index is 487. The maximum atomic E-state index is 11.9. The molecule has 1 aromatic carbocycles. The minimum atomic E-state index is 0.0275. The number of nitriles is 1. The molecule has 0 unspecified atom stereocenters. The van der Waals surface area contributed by atoms with Gasteiger partial charge in [0.15, 0.2) is 5.78 Å². The monoisotopic (exact) mass is 263 g/mol. The Morgan fingerprint density at radius 3 is 2.83 bits per heavy atom. The number of rotatable bonds is 4. The second-order valence-electron chi connectivity index (χ2n) is 4.49. The molecule has 0 aromatic heterocycles. The highest BCUT2D eigenvalue weighted by atomic mass is 35.5. The van der Waals surface area contributed by atoms with E-state index in [1.807, 2.05) is 6.07 Å². The molecular weight excluding hydrogens is 250 g/mol. The molecule has 3 nitrogen and oxygen atoms in total. The van der Waals surface area contributed by atoms with E-state index in [1.54, 1.807) is 18.2 Å². The maximum Gasteiger partial charge on any atom is 0.173 e. The van der Waals surface area contributed by atoms with Crippen LogP contribution in [-0.2, 0) is 4.79 Å². The van der Waals surface area contributed by atoms with Crippen molar-refractivity contribution in [3.8, 4) is 11.8 Å². The topological polar surface area (TPSA) is 50.1 Å². The van der Waals surface area contributed by atoms with Crippen LogP contribution in [0.5, 0.6) is 5.75 Å². The lowest BCUT2D eigenvalue weighted by atomic mass is 10.0. The molecular formula is C14H14ClNO2. The van der Waals surface area contributed by atoms with Gasteiger partial charge in [-0.2, -0.15) is 5.26 Å². The zero-order valence-electron chi connectivity index (χ0n) is 9.99. The first-order valence-electron chi connectivity index (χ1n) is 6.06. The van der Waals surface area contributed by atoms with Gasteiger partial charge in [-0.1, -0.05) is 24.4 Å². The molecule has 2 rings (SSSR count). The summed E-state index contributed by atoms with van der Waals surface area (Å²) in [5.74, 6) is 0.641. The summed E-state index contributed by atoms with van der Waals surface area (Å²) >= 11 is 5.84. The Morgan fingerprint density at radius 2 is 2.17 bits per heavy atom. The lowest BCUT2D eigenvalue weighted by Crippen LogP contribution is -2.19. The second kappa shape index (κ2) is 5.88. The first-order valence-corrected chi connectivity index (χ1v) is 6.43. The van der Waals surface area contributed by atoms with E-state index in [9.17, 15) is 4.79 Å². The smallest absolute Gasteiger partial charge is 0.173 e. The van der Waals surface area contributed by atoms with E-state index in [2.05, 4.69) is 0 Å². The molecule has 1 aliphatic carbocycles. The number of ether oxygens (including phenoxy) is 1. The molecule has 0 atom stereocenters. The summed E-state index contributed by atoms with van der Waals surface area (Å²) in [4.78, 5) is 11.9. The van der Waals surface area contributed by atoms with Crippen LogP contribution in [0, 0.1) is 17.2 Å². The fraction of sp³-hybridized carbons (Fsp3) is 0.429. The fourth-order valence-electron chi connectivity index (χ4n) is 2.22. The summed E-state index contributed by atoms with van der Waals surface area (Å²) in [6.07, 6.45) is 4.17. The van der Waals surface area contributed by atoms with Crippen LogP contribution in [-0.4, -0.2) is 12.4 Å². The predicted octanol–water partition coefficient (Wildman–Crippen LogP) is 3.35. The predicted molar refractivity (Wildman–Crippen MR) is 68.6 cm³/mol. The lowest BCUT2D eigenvalue weighted by molar-refractivity contribution is -0.124. The highest BCUT2D eigenvalue weighted by Gasteiger charge is 2.23. The number of carbonyl (C=O) groups excluding carboxylic acids is 1. The van der Waals surface area contributed by atoms with Crippen molar-refractivity contribution >= 4 is 17.4 Å². The molecule has 94 valence electrons. The van der Waals surface area contributed by atoms with Gasteiger partial charge in [-0.3, -0.25) is 4.79 Å². The zero-order valence-corrected chi connectivity index (χ0v) is 10.7. The van der Waals surface area contributed by atoms with Gasteiger partial charge in [0, 0.05) is 17.0 Å². The van der Waals surface area contributed by atoms with Crippen molar-refractivity contribution in [2.24, 2.45) is 5.92 Å². The van der Waals surface area contributed by atoms with Crippen molar-refractivity contribution in [3.63, 3.8) is 0 Å². The van der Waals surface area contributed by atoms with E-state index in [-0.39, 0.29) is 18.3 Å². The Hall–Kier alpha value is -1.53. The van der Waals surface area contributed by atoms with Crippen LogP contribution >= 0.6 is 11.6 Å². The highest BCUT2D eigenvalue weighted by molar-refractivity contribution is 6.30. The average Bonchev–Trinajstić information content (AvgIpc) is 2.90. The Kier molecular flexibility index (Phi) is 4.22. The van der Waals surface area contributed by atoms with Gasteiger partial charge >= 0.3 is 0 Å². The largest absolute Gasteiger partial charge is 0.484 e. The van der Waals surface area contributed by atoms with E-state index in [4.69, 9.17) is 21.6 Å². The number of hydrogen-bond donors (Lipinski definition) is 0. The van der Waals surface area contributed by atoms with Crippen LogP contribution < -0.4 is 4.74 Å². The number of Topliss-reactive ketones (excluding diaryl/α,β-unsaturated/α-hetero) is 1. The van der Waals surface area contributed by atoms with Gasteiger partial charge in [-0.15, -0.1) is 0 Å². The Morgan fingerprint density at radius 1 is 1.44 bits per heavy atom. The maximum absolute atomic E-state index is 11.9. The van der Waals surface area contributed by atoms with E-state index >= 15 is 0 Å². The molecule has 0 bridgehead atoms. The standard InChI is InChI=1S/C14H14ClNO2/c15-12-6-5-11(8-16)14(7-12)18-9-13(17)10-3-1-2-4-10/h5-7,10H,1-4,9H2. The zero-order chi connectivity index (χ0) is 13.0. The van der Waals surface area contributed by atoms with Crippen LogP contribution in [0.25, 0.3) is 0 Å². The van der Waals surface area contributed by atoms with Gasteiger partial charge < -0.3 is 4.74 Å². The van der Waals surface area contributed by atoms with Gasteiger partial charge in [-0.05, 0) is 25.0 Å². The fourth-order valence-corrected chi connectivity index (χ4v) is 2.38. The molecule has 0 heterocycles. The van der Waals surface area contributed by atoms with Crippen LogP contribution in [0.15, 0.2) is 18.2 Å². The molecule has 0 spiro atoms. The van der Waals surface area contributed by atoms with Crippen LogP contribution in [0.2, 0.25) is 5.02 Å². The molecule has 0 radical (unpaired) electrons. The van der Waals surface area contributed by atoms with Gasteiger partial charge in [0.05, 0.1) is 5.56 Å². The summed E-state index contributed by atoms with van der Waals surface area (Å²) in [6.45, 7) is 0.0275. The third-order valence-corrected chi connectivity index (χ3v) is 3.48. The van der Waals surface area contributed by atoms with Gasteiger partial charge in [0.2, 0.25) is 0 Å². The number of benzene rings is 1. The van der Waals surface area contributed by atoms with Crippen molar-refractivity contribution in [3.05, 3.63) is 28.8 Å². The third-order valence-electron chi connectivity index (χ3n) is 3.24. The molecule has 0 N–H and O–H groups in total. The van der Waals surface area contributed by atoms with Crippen molar-refractivity contribution in [1.29, 1.82) is 5.26 Å². The number of carbonyl (C=O) groups is 1. The Balaban J connectivity index is 1.99. The van der Waals surface area contributed by atoms with E-state index in [0.29, 0.717) is 16.3 Å². The normalized spacial score (nSPS) is 15.3. The molecule has 0 amide bonds. The van der Waals surface area contributed by atoms with Gasteiger partial charge in [0.1, 0.15) is 18.4 Å². The first kappa shape index (κ1) is 12.9. The summed E-state index contributed by atoms with van der Waals surface area (Å²) in [5, 5.41) is 9.43. The SMILES string of the molecule is N#Cc1ccc(Cl)cc1OCC(=O)C1CCCC1. The first-order chi connectivity index (χ1) is 8.70. The second-order valence-corrected chi connectivity index (χ2v) is 4.93. The van der Waals surface area contributed by atoms with Crippen LogP contribution in [0.3, 0.4) is 0 Å². The molecule has 18 heavy (non-hydrogen) atoms. The van der Waals surface area contributed by atoms with Gasteiger partial charge in [0.25, 0.3) is 0 Å². The van der Waals surface area contributed by atoms with E-state index in [1.165, 1.54) is 0 Å². The molecule has 0 saturated heterocycles. The summed E-state index contributed by atoms with van der Waals surface area (Å²) in [5.41, 5.74) is 0.402. The lowest BCUT2D eigenvalue weighted by Gasteiger charge is -2.10. The van der Waals surface area contributed by atoms with Crippen molar-refractivity contribution in [1.82, 2.24) is 0 Å². The van der Waals surface area contributed by atoms with Crippen molar-refractivity contribution in [2.45, 2.75) is 25.7 Å².